The van der Waals surface area contributed by atoms with Crippen LogP contribution in [-0.2, 0) is 16.0 Å². The lowest BCUT2D eigenvalue weighted by Crippen LogP contribution is -2.21. The minimum atomic E-state index is -0.509. The minimum absolute atomic E-state index is 0.160. The number of para-hydroxylation sites is 1. The molecule has 0 aliphatic carbocycles. The van der Waals surface area contributed by atoms with Gasteiger partial charge in [0, 0.05) is 10.4 Å². The molecule has 0 saturated heterocycles. The zero-order valence-corrected chi connectivity index (χ0v) is 19.5. The van der Waals surface area contributed by atoms with Gasteiger partial charge in [0.25, 0.3) is 5.91 Å². The van der Waals surface area contributed by atoms with Crippen LogP contribution >= 0.6 is 11.3 Å². The SMILES string of the molecule is CCOc1ccc(-c2c(C)sc(NC(=O)COc3ccccc3CC)c2C(=O)OC)cc1. The van der Waals surface area contributed by atoms with E-state index in [1.54, 1.807) is 0 Å². The van der Waals surface area contributed by atoms with Crippen LogP contribution in [-0.4, -0.2) is 32.2 Å². The van der Waals surface area contributed by atoms with E-state index >= 15 is 0 Å². The monoisotopic (exact) mass is 453 g/mol. The number of esters is 1. The largest absolute Gasteiger partial charge is 0.494 e. The summed E-state index contributed by atoms with van der Waals surface area (Å²) >= 11 is 1.33. The highest BCUT2D eigenvalue weighted by molar-refractivity contribution is 7.17. The lowest BCUT2D eigenvalue weighted by molar-refractivity contribution is -0.118. The lowest BCUT2D eigenvalue weighted by Gasteiger charge is -2.11. The summed E-state index contributed by atoms with van der Waals surface area (Å²) in [4.78, 5) is 26.1. The third kappa shape index (κ3) is 5.29. The van der Waals surface area contributed by atoms with Crippen molar-refractivity contribution >= 4 is 28.2 Å². The molecule has 3 aromatic rings. The molecule has 32 heavy (non-hydrogen) atoms. The Morgan fingerprint density at radius 3 is 2.38 bits per heavy atom. The molecule has 0 fully saturated rings. The molecule has 0 saturated carbocycles. The van der Waals surface area contributed by atoms with Crippen molar-refractivity contribution in [3.05, 3.63) is 64.5 Å². The van der Waals surface area contributed by atoms with E-state index < -0.39 is 5.97 Å². The topological polar surface area (TPSA) is 73.9 Å². The van der Waals surface area contributed by atoms with Crippen LogP contribution in [0.2, 0.25) is 0 Å². The van der Waals surface area contributed by atoms with Gasteiger partial charge in [-0.05, 0) is 49.6 Å². The van der Waals surface area contributed by atoms with Gasteiger partial charge in [-0.25, -0.2) is 4.79 Å². The highest BCUT2D eigenvalue weighted by Crippen LogP contribution is 2.40. The van der Waals surface area contributed by atoms with E-state index in [1.165, 1.54) is 18.4 Å². The molecule has 1 aromatic heterocycles. The zero-order chi connectivity index (χ0) is 23.1. The van der Waals surface area contributed by atoms with E-state index in [0.717, 1.165) is 33.7 Å². The summed E-state index contributed by atoms with van der Waals surface area (Å²) in [6.45, 7) is 6.28. The Labute approximate surface area is 192 Å². The Morgan fingerprint density at radius 1 is 1.00 bits per heavy atom. The third-order valence-electron chi connectivity index (χ3n) is 4.89. The van der Waals surface area contributed by atoms with Crippen LogP contribution in [0.5, 0.6) is 11.5 Å². The summed E-state index contributed by atoms with van der Waals surface area (Å²) in [5.41, 5.74) is 2.94. The normalized spacial score (nSPS) is 10.5. The number of thiophene rings is 1. The molecule has 168 valence electrons. The first-order chi connectivity index (χ1) is 15.5. The summed E-state index contributed by atoms with van der Waals surface area (Å²) < 4.78 is 16.2. The first-order valence-electron chi connectivity index (χ1n) is 10.4. The van der Waals surface area contributed by atoms with Gasteiger partial charge in [-0.15, -0.1) is 11.3 Å². The van der Waals surface area contributed by atoms with Gasteiger partial charge in [0.2, 0.25) is 0 Å². The van der Waals surface area contributed by atoms with Crippen molar-refractivity contribution in [2.45, 2.75) is 27.2 Å². The first kappa shape index (κ1) is 23.3. The number of aryl methyl sites for hydroxylation is 2. The van der Waals surface area contributed by atoms with Gasteiger partial charge in [0.15, 0.2) is 6.61 Å². The second kappa shape index (κ2) is 10.8. The lowest BCUT2D eigenvalue weighted by atomic mass is 10.0. The number of hydrogen-bond donors (Lipinski definition) is 1. The molecule has 0 atom stereocenters. The van der Waals surface area contributed by atoms with Gasteiger partial charge in [-0.2, -0.15) is 0 Å². The van der Waals surface area contributed by atoms with Gasteiger partial charge in [0.1, 0.15) is 22.1 Å². The van der Waals surface area contributed by atoms with Gasteiger partial charge in [-0.3, -0.25) is 4.79 Å². The number of carbonyl (C=O) groups excluding carboxylic acids is 2. The molecule has 0 bridgehead atoms. The summed E-state index contributed by atoms with van der Waals surface area (Å²) in [7, 11) is 1.33. The van der Waals surface area contributed by atoms with Crippen LogP contribution in [0.25, 0.3) is 11.1 Å². The molecule has 0 radical (unpaired) electrons. The van der Waals surface area contributed by atoms with E-state index in [1.807, 2.05) is 69.3 Å². The molecule has 6 nitrogen and oxygen atoms in total. The Bertz CT molecular complexity index is 1090. The minimum Gasteiger partial charge on any atom is -0.494 e. The van der Waals surface area contributed by atoms with Crippen molar-refractivity contribution in [3.63, 3.8) is 0 Å². The highest BCUT2D eigenvalue weighted by atomic mass is 32.1. The van der Waals surface area contributed by atoms with E-state index in [4.69, 9.17) is 14.2 Å². The van der Waals surface area contributed by atoms with E-state index in [-0.39, 0.29) is 12.5 Å². The Kier molecular flexibility index (Phi) is 7.89. The Balaban J connectivity index is 1.84. The molecule has 2 aromatic carbocycles. The number of ether oxygens (including phenoxy) is 3. The highest BCUT2D eigenvalue weighted by Gasteiger charge is 2.25. The molecule has 1 N–H and O–H groups in total. The molecular formula is C25H27NO5S. The maximum atomic E-state index is 12.6. The fraction of sp³-hybridized carbons (Fsp3) is 0.280. The zero-order valence-electron chi connectivity index (χ0n) is 18.7. The number of carbonyl (C=O) groups is 2. The maximum absolute atomic E-state index is 12.6. The van der Waals surface area contributed by atoms with Gasteiger partial charge in [-0.1, -0.05) is 37.3 Å². The van der Waals surface area contributed by atoms with Crippen molar-refractivity contribution in [1.29, 1.82) is 0 Å². The smallest absolute Gasteiger partial charge is 0.341 e. The number of methoxy groups -OCH3 is 1. The summed E-state index contributed by atoms with van der Waals surface area (Å²) in [5, 5.41) is 3.27. The number of benzene rings is 2. The molecule has 0 unspecified atom stereocenters. The van der Waals surface area contributed by atoms with E-state index in [2.05, 4.69) is 5.32 Å². The van der Waals surface area contributed by atoms with Crippen LogP contribution in [0, 0.1) is 6.92 Å². The first-order valence-corrected chi connectivity index (χ1v) is 11.3. The molecule has 1 heterocycles. The van der Waals surface area contributed by atoms with Crippen molar-refractivity contribution in [3.8, 4) is 22.6 Å². The summed E-state index contributed by atoms with van der Waals surface area (Å²) in [6.07, 6.45) is 0.805. The molecule has 0 spiro atoms. The number of rotatable bonds is 9. The fourth-order valence-electron chi connectivity index (χ4n) is 3.40. The van der Waals surface area contributed by atoms with Gasteiger partial charge >= 0.3 is 5.97 Å². The van der Waals surface area contributed by atoms with Gasteiger partial charge < -0.3 is 19.5 Å². The third-order valence-corrected chi connectivity index (χ3v) is 5.91. The summed E-state index contributed by atoms with van der Waals surface area (Å²) in [5.74, 6) is 0.573. The van der Waals surface area contributed by atoms with Crippen LogP contribution in [0.15, 0.2) is 48.5 Å². The van der Waals surface area contributed by atoms with Crippen LogP contribution in [0.3, 0.4) is 0 Å². The Morgan fingerprint density at radius 2 is 1.72 bits per heavy atom. The van der Waals surface area contributed by atoms with Crippen molar-refractivity contribution in [1.82, 2.24) is 0 Å². The van der Waals surface area contributed by atoms with Crippen LogP contribution in [0.1, 0.15) is 34.6 Å². The van der Waals surface area contributed by atoms with Gasteiger partial charge in [0.05, 0.1) is 13.7 Å². The number of nitrogens with one attached hydrogen (secondary N) is 1. The maximum Gasteiger partial charge on any atom is 0.341 e. The molecule has 7 heteroatoms. The average molecular weight is 454 g/mol. The van der Waals surface area contributed by atoms with E-state index in [9.17, 15) is 9.59 Å². The van der Waals surface area contributed by atoms with Crippen LogP contribution < -0.4 is 14.8 Å². The molecule has 3 rings (SSSR count). The standard InChI is InChI=1S/C25H27NO5S/c1-5-17-9-7-8-10-20(17)31-15-21(27)26-24-23(25(28)29-4)22(16(3)32-24)18-11-13-19(14-12-18)30-6-2/h7-14H,5-6,15H2,1-4H3,(H,26,27). The van der Waals surface area contributed by atoms with Crippen LogP contribution in [0.4, 0.5) is 5.00 Å². The molecule has 1 amide bonds. The Hall–Kier alpha value is -3.32. The van der Waals surface area contributed by atoms with Crippen molar-refractivity contribution in [2.24, 2.45) is 0 Å². The number of amides is 1. The van der Waals surface area contributed by atoms with Crippen molar-refractivity contribution < 1.29 is 23.8 Å². The molecular weight excluding hydrogens is 426 g/mol. The predicted molar refractivity (Wildman–Crippen MR) is 127 cm³/mol. The predicted octanol–water partition coefficient (Wildman–Crippen LogP) is 5.49. The second-order valence-electron chi connectivity index (χ2n) is 6.98. The van der Waals surface area contributed by atoms with Crippen molar-refractivity contribution in [2.75, 3.05) is 25.6 Å². The summed E-state index contributed by atoms with van der Waals surface area (Å²) in [6, 6.07) is 15.1. The molecule has 0 aliphatic rings. The quantitative estimate of drug-likeness (QED) is 0.434. The second-order valence-corrected chi connectivity index (χ2v) is 8.21. The average Bonchev–Trinajstić information content (AvgIpc) is 3.13. The molecule has 0 aliphatic heterocycles. The fourth-order valence-corrected chi connectivity index (χ4v) is 4.48. The van der Waals surface area contributed by atoms with E-state index in [0.29, 0.717) is 22.9 Å². The number of hydrogen-bond acceptors (Lipinski definition) is 6. The number of anilines is 1.